The van der Waals surface area contributed by atoms with Crippen molar-refractivity contribution in [2.75, 3.05) is 13.2 Å². The summed E-state index contributed by atoms with van der Waals surface area (Å²) in [5, 5.41) is 12.6. The maximum atomic E-state index is 12.8. The normalized spacial score (nSPS) is 29.7. The fourth-order valence-electron chi connectivity index (χ4n) is 3.85. The van der Waals surface area contributed by atoms with Crippen molar-refractivity contribution >= 4 is 11.9 Å². The lowest BCUT2D eigenvalue weighted by molar-refractivity contribution is -0.195. The van der Waals surface area contributed by atoms with E-state index in [0.717, 1.165) is 11.3 Å². The second-order valence-electron chi connectivity index (χ2n) is 7.39. The van der Waals surface area contributed by atoms with Gasteiger partial charge in [0.2, 0.25) is 5.91 Å². The Labute approximate surface area is 147 Å². The molecule has 6 heteroatoms. The third kappa shape index (κ3) is 2.78. The number of benzene rings is 1. The van der Waals surface area contributed by atoms with E-state index in [1.165, 1.54) is 0 Å². The molecule has 3 rings (SSSR count). The van der Waals surface area contributed by atoms with Gasteiger partial charge >= 0.3 is 5.97 Å². The molecule has 0 unspecified atom stereocenters. The maximum Gasteiger partial charge on any atom is 0.330 e. The van der Waals surface area contributed by atoms with Gasteiger partial charge in [-0.1, -0.05) is 32.0 Å². The number of fused-ring (bicyclic) bond motifs is 1. The van der Waals surface area contributed by atoms with Crippen molar-refractivity contribution in [1.29, 1.82) is 0 Å². The number of nitrogens with one attached hydrogen (secondary N) is 1. The fourth-order valence-corrected chi connectivity index (χ4v) is 3.85. The van der Waals surface area contributed by atoms with E-state index in [-0.39, 0.29) is 25.0 Å². The highest BCUT2D eigenvalue weighted by molar-refractivity contribution is 5.90. The highest BCUT2D eigenvalue weighted by atomic mass is 16.5. The molecule has 0 spiro atoms. The zero-order valence-electron chi connectivity index (χ0n) is 14.9. The van der Waals surface area contributed by atoms with Crippen LogP contribution in [0.4, 0.5) is 0 Å². The summed E-state index contributed by atoms with van der Waals surface area (Å²) in [5.74, 6) is -0.896. The van der Waals surface area contributed by atoms with E-state index < -0.39 is 22.8 Å². The molecular weight excluding hydrogens is 322 g/mol. The quantitative estimate of drug-likeness (QED) is 0.851. The molecule has 2 N–H and O–H groups in total. The highest BCUT2D eigenvalue weighted by Gasteiger charge is 2.66. The zero-order chi connectivity index (χ0) is 18.2. The van der Waals surface area contributed by atoms with Crippen LogP contribution in [-0.2, 0) is 20.7 Å². The van der Waals surface area contributed by atoms with Crippen LogP contribution in [-0.4, -0.2) is 41.8 Å². The van der Waals surface area contributed by atoms with Gasteiger partial charge in [-0.05, 0) is 25.0 Å². The Morgan fingerprint density at radius 3 is 2.72 bits per heavy atom. The second kappa shape index (κ2) is 6.33. The Kier molecular flexibility index (Phi) is 4.49. The third-order valence-electron chi connectivity index (χ3n) is 5.72. The van der Waals surface area contributed by atoms with E-state index in [4.69, 9.17) is 9.47 Å². The van der Waals surface area contributed by atoms with Crippen LogP contribution in [0, 0.1) is 11.3 Å². The number of hydrogen-bond acceptors (Lipinski definition) is 4. The minimum absolute atomic E-state index is 0.183. The Morgan fingerprint density at radius 2 is 2.08 bits per heavy atom. The van der Waals surface area contributed by atoms with E-state index >= 15 is 0 Å². The molecule has 1 heterocycles. The zero-order valence-corrected chi connectivity index (χ0v) is 14.9. The maximum absolute atomic E-state index is 12.8. The van der Waals surface area contributed by atoms with Gasteiger partial charge in [-0.3, -0.25) is 4.79 Å². The Hall–Kier alpha value is -2.08. The molecule has 0 saturated heterocycles. The number of carboxylic acid groups (broad SMARTS) is 1. The molecule has 6 nitrogen and oxygen atoms in total. The SMILES string of the molecule is CCO[C@@H]1C[C@](NC(=O)[C@H]2COc3ccccc3C2)(C(=O)O)C1(C)C. The first-order valence-electron chi connectivity index (χ1n) is 8.69. The number of rotatable bonds is 5. The average molecular weight is 347 g/mol. The summed E-state index contributed by atoms with van der Waals surface area (Å²) in [6, 6.07) is 7.61. The van der Waals surface area contributed by atoms with Crippen molar-refractivity contribution in [3.63, 3.8) is 0 Å². The summed E-state index contributed by atoms with van der Waals surface area (Å²) in [5.41, 5.74) is -1.02. The molecular formula is C19H25NO5. The average Bonchev–Trinajstić information content (AvgIpc) is 2.59. The van der Waals surface area contributed by atoms with E-state index in [9.17, 15) is 14.7 Å². The van der Waals surface area contributed by atoms with E-state index in [1.807, 2.05) is 45.0 Å². The first-order valence-corrected chi connectivity index (χ1v) is 8.69. The van der Waals surface area contributed by atoms with Crippen LogP contribution >= 0.6 is 0 Å². The van der Waals surface area contributed by atoms with Crippen molar-refractivity contribution in [1.82, 2.24) is 5.32 Å². The summed E-state index contributed by atoms with van der Waals surface area (Å²) in [6.07, 6.45) is 0.642. The largest absolute Gasteiger partial charge is 0.492 e. The molecule has 1 aromatic rings. The van der Waals surface area contributed by atoms with Gasteiger partial charge < -0.3 is 19.9 Å². The molecule has 0 aromatic heterocycles. The van der Waals surface area contributed by atoms with Crippen molar-refractivity contribution in [3.05, 3.63) is 29.8 Å². The standard InChI is InChI=1S/C19H25NO5/c1-4-24-15-10-19(17(22)23,18(15,2)3)20-16(21)13-9-12-7-5-6-8-14(12)25-11-13/h5-8,13,15H,4,9-11H2,1-3H3,(H,20,21)(H,22,23)/t13-,15-,19+/m1/s1. The lowest BCUT2D eigenvalue weighted by Gasteiger charge is -2.58. The molecule has 0 radical (unpaired) electrons. The van der Waals surface area contributed by atoms with Crippen LogP contribution in [0.1, 0.15) is 32.8 Å². The summed E-state index contributed by atoms with van der Waals surface area (Å²) in [4.78, 5) is 24.8. The molecule has 0 bridgehead atoms. The van der Waals surface area contributed by atoms with Crippen LogP contribution < -0.4 is 10.1 Å². The number of carbonyl (C=O) groups is 2. The molecule has 1 aliphatic heterocycles. The van der Waals surface area contributed by atoms with Gasteiger partial charge in [0.25, 0.3) is 0 Å². The predicted molar refractivity (Wildman–Crippen MR) is 91.5 cm³/mol. The first-order chi connectivity index (χ1) is 11.8. The molecule has 2 aliphatic rings. The van der Waals surface area contributed by atoms with Gasteiger partial charge in [0, 0.05) is 18.4 Å². The number of carbonyl (C=O) groups excluding carboxylic acids is 1. The summed E-state index contributed by atoms with van der Waals surface area (Å²) in [7, 11) is 0. The molecule has 136 valence electrons. The number of hydrogen-bond donors (Lipinski definition) is 2. The smallest absolute Gasteiger partial charge is 0.330 e. The summed E-state index contributed by atoms with van der Waals surface area (Å²) in [6.45, 7) is 6.32. The molecule has 1 fully saturated rings. The monoisotopic (exact) mass is 347 g/mol. The Morgan fingerprint density at radius 1 is 1.36 bits per heavy atom. The molecule has 25 heavy (non-hydrogen) atoms. The van der Waals surface area contributed by atoms with Crippen LogP contribution in [0.5, 0.6) is 5.75 Å². The molecule has 1 amide bonds. The van der Waals surface area contributed by atoms with Gasteiger partial charge in [0.15, 0.2) is 0 Å². The molecule has 1 aliphatic carbocycles. The van der Waals surface area contributed by atoms with Crippen molar-refractivity contribution in [3.8, 4) is 5.75 Å². The van der Waals surface area contributed by atoms with E-state index in [1.54, 1.807) is 0 Å². The van der Waals surface area contributed by atoms with Gasteiger partial charge in [0.05, 0.1) is 12.0 Å². The minimum Gasteiger partial charge on any atom is -0.492 e. The topological polar surface area (TPSA) is 84.9 Å². The number of aliphatic carboxylic acids is 1. The van der Waals surface area contributed by atoms with E-state index in [0.29, 0.717) is 13.0 Å². The lowest BCUT2D eigenvalue weighted by Crippen LogP contribution is -2.76. The number of amides is 1. The summed E-state index contributed by atoms with van der Waals surface area (Å²) >= 11 is 0. The van der Waals surface area contributed by atoms with Crippen LogP contribution in [0.2, 0.25) is 0 Å². The predicted octanol–water partition coefficient (Wildman–Crippen LogP) is 2.01. The Bertz CT molecular complexity index is 686. The number of carboxylic acids is 1. The first kappa shape index (κ1) is 17.7. The number of ether oxygens (including phenoxy) is 2. The van der Waals surface area contributed by atoms with Crippen molar-refractivity contribution in [2.45, 2.75) is 45.3 Å². The van der Waals surface area contributed by atoms with Crippen LogP contribution in [0.15, 0.2) is 24.3 Å². The summed E-state index contributed by atoms with van der Waals surface area (Å²) < 4.78 is 11.3. The molecule has 1 saturated carbocycles. The second-order valence-corrected chi connectivity index (χ2v) is 7.39. The van der Waals surface area contributed by atoms with Crippen molar-refractivity contribution < 1.29 is 24.2 Å². The van der Waals surface area contributed by atoms with E-state index in [2.05, 4.69) is 5.32 Å². The van der Waals surface area contributed by atoms with Gasteiger partial charge in [0.1, 0.15) is 17.9 Å². The van der Waals surface area contributed by atoms with Crippen LogP contribution in [0.3, 0.4) is 0 Å². The minimum atomic E-state index is -1.30. The Balaban J connectivity index is 1.74. The molecule has 1 aromatic carbocycles. The van der Waals surface area contributed by atoms with Crippen molar-refractivity contribution in [2.24, 2.45) is 11.3 Å². The fraction of sp³-hybridized carbons (Fsp3) is 0.579. The third-order valence-corrected chi connectivity index (χ3v) is 5.72. The highest BCUT2D eigenvalue weighted by Crippen LogP contribution is 2.51. The van der Waals surface area contributed by atoms with Gasteiger partial charge in [-0.25, -0.2) is 4.79 Å². The van der Waals surface area contributed by atoms with Crippen LogP contribution in [0.25, 0.3) is 0 Å². The lowest BCUT2D eigenvalue weighted by atomic mass is 9.54. The van der Waals surface area contributed by atoms with Gasteiger partial charge in [-0.15, -0.1) is 0 Å². The number of para-hydroxylation sites is 1. The molecule has 3 atom stereocenters. The van der Waals surface area contributed by atoms with Gasteiger partial charge in [-0.2, -0.15) is 0 Å².